The zero-order valence-corrected chi connectivity index (χ0v) is 13.7. The summed E-state index contributed by atoms with van der Waals surface area (Å²) < 4.78 is 5.98. The number of fused-ring (bicyclic) bond motifs is 2. The maximum atomic E-state index is 5.98. The Kier molecular flexibility index (Phi) is 4.32. The van der Waals surface area contributed by atoms with Gasteiger partial charge in [0.2, 0.25) is 5.95 Å². The Labute approximate surface area is 141 Å². The minimum atomic E-state index is 0.0469. The van der Waals surface area contributed by atoms with Gasteiger partial charge in [0, 0.05) is 25.1 Å². The lowest BCUT2D eigenvalue weighted by atomic mass is 9.97. The number of benzene rings is 1. The summed E-state index contributed by atoms with van der Waals surface area (Å²) in [6, 6.07) is 8.50. The molecule has 2 aliphatic heterocycles. The summed E-state index contributed by atoms with van der Waals surface area (Å²) in [5.41, 5.74) is 10.8. The van der Waals surface area contributed by atoms with Crippen LogP contribution in [-0.2, 0) is 24.0 Å². The molecule has 1 unspecified atom stereocenters. The predicted molar refractivity (Wildman–Crippen MR) is 94.1 cm³/mol. The van der Waals surface area contributed by atoms with Crippen LogP contribution in [0.5, 0.6) is 0 Å². The average molecular weight is 325 g/mol. The maximum absolute atomic E-state index is 5.98. The van der Waals surface area contributed by atoms with Crippen molar-refractivity contribution >= 4 is 11.8 Å². The van der Waals surface area contributed by atoms with Crippen LogP contribution in [0.25, 0.3) is 0 Å². The van der Waals surface area contributed by atoms with Crippen molar-refractivity contribution in [1.29, 1.82) is 0 Å². The van der Waals surface area contributed by atoms with Crippen molar-refractivity contribution in [2.24, 2.45) is 0 Å². The molecule has 2 aliphatic rings. The number of nitrogens with zero attached hydrogens (tertiary/aromatic N) is 2. The Hall–Kier alpha value is -2.18. The van der Waals surface area contributed by atoms with Gasteiger partial charge in [-0.1, -0.05) is 24.3 Å². The van der Waals surface area contributed by atoms with Gasteiger partial charge in [-0.3, -0.25) is 0 Å². The van der Waals surface area contributed by atoms with E-state index in [1.807, 2.05) is 0 Å². The number of nitrogens with one attached hydrogen (secondary N) is 2. The summed E-state index contributed by atoms with van der Waals surface area (Å²) in [5, 5.41) is 6.87. The van der Waals surface area contributed by atoms with Gasteiger partial charge in [-0.15, -0.1) is 0 Å². The zero-order chi connectivity index (χ0) is 16.4. The highest BCUT2D eigenvalue weighted by molar-refractivity contribution is 5.51. The lowest BCUT2D eigenvalue weighted by Gasteiger charge is -2.27. The van der Waals surface area contributed by atoms with Gasteiger partial charge in [0.1, 0.15) is 5.82 Å². The van der Waals surface area contributed by atoms with Crippen LogP contribution in [0, 0.1) is 0 Å². The first-order valence-electron chi connectivity index (χ1n) is 8.60. The number of rotatable bonds is 3. The first-order chi connectivity index (χ1) is 11.8. The van der Waals surface area contributed by atoms with Gasteiger partial charge >= 0.3 is 0 Å². The van der Waals surface area contributed by atoms with Gasteiger partial charge in [0.15, 0.2) is 0 Å². The van der Waals surface area contributed by atoms with Gasteiger partial charge in [0.05, 0.1) is 18.4 Å². The molecule has 0 bridgehead atoms. The SMILES string of the molecule is Nc1nc2c(c(NCC3OCCc4ccccc43)n1)CCNCC2. The molecule has 2 aromatic rings. The van der Waals surface area contributed by atoms with Gasteiger partial charge in [-0.25, -0.2) is 4.98 Å². The van der Waals surface area contributed by atoms with Crippen molar-refractivity contribution in [2.45, 2.75) is 25.4 Å². The van der Waals surface area contributed by atoms with Gasteiger partial charge in [-0.2, -0.15) is 4.98 Å². The first-order valence-corrected chi connectivity index (χ1v) is 8.60. The van der Waals surface area contributed by atoms with Crippen LogP contribution in [0.2, 0.25) is 0 Å². The quantitative estimate of drug-likeness (QED) is 0.792. The van der Waals surface area contributed by atoms with Crippen molar-refractivity contribution < 1.29 is 4.74 Å². The standard InChI is InChI=1S/C18H23N5O/c19-18-22-15-6-9-20-8-5-14(15)17(23-18)21-11-16-13-4-2-1-3-12(13)7-10-24-16/h1-4,16,20H,5-11H2,(H3,19,21,22,23). The van der Waals surface area contributed by atoms with E-state index in [1.165, 1.54) is 16.7 Å². The van der Waals surface area contributed by atoms with E-state index < -0.39 is 0 Å². The first kappa shape index (κ1) is 15.4. The van der Waals surface area contributed by atoms with Crippen molar-refractivity contribution in [1.82, 2.24) is 15.3 Å². The number of aromatic nitrogens is 2. The maximum Gasteiger partial charge on any atom is 0.222 e. The number of nitrogens with two attached hydrogens (primary N) is 1. The second-order valence-electron chi connectivity index (χ2n) is 6.29. The fraction of sp³-hybridized carbons (Fsp3) is 0.444. The molecular formula is C18H23N5O. The Morgan fingerprint density at radius 1 is 1.17 bits per heavy atom. The van der Waals surface area contributed by atoms with E-state index in [1.54, 1.807) is 0 Å². The van der Waals surface area contributed by atoms with Crippen LogP contribution in [0.3, 0.4) is 0 Å². The lowest BCUT2D eigenvalue weighted by Crippen LogP contribution is -2.24. The molecule has 6 nitrogen and oxygen atoms in total. The van der Waals surface area contributed by atoms with Crippen LogP contribution in [0.1, 0.15) is 28.5 Å². The molecule has 0 saturated heterocycles. The third kappa shape index (κ3) is 3.07. The van der Waals surface area contributed by atoms with E-state index in [2.05, 4.69) is 44.9 Å². The summed E-state index contributed by atoms with van der Waals surface area (Å²) in [4.78, 5) is 8.86. The molecule has 0 fully saturated rings. The minimum Gasteiger partial charge on any atom is -0.371 e. The average Bonchev–Trinajstić information content (AvgIpc) is 2.85. The highest BCUT2D eigenvalue weighted by Crippen LogP contribution is 2.28. The monoisotopic (exact) mass is 325 g/mol. The van der Waals surface area contributed by atoms with Crippen molar-refractivity contribution in [2.75, 3.05) is 37.3 Å². The molecule has 24 heavy (non-hydrogen) atoms. The molecule has 0 radical (unpaired) electrons. The third-order valence-corrected chi connectivity index (χ3v) is 4.75. The van der Waals surface area contributed by atoms with Gasteiger partial charge < -0.3 is 21.1 Å². The molecule has 0 spiro atoms. The highest BCUT2D eigenvalue weighted by atomic mass is 16.5. The largest absolute Gasteiger partial charge is 0.371 e. The van der Waals surface area contributed by atoms with Crippen LogP contribution in [0.15, 0.2) is 24.3 Å². The molecule has 3 heterocycles. The molecule has 1 aromatic heterocycles. The normalized spacial score (nSPS) is 19.9. The Balaban J connectivity index is 1.56. The molecule has 0 amide bonds. The molecule has 126 valence electrons. The molecule has 4 rings (SSSR count). The number of nitrogen functional groups attached to an aromatic ring is 1. The smallest absolute Gasteiger partial charge is 0.222 e. The van der Waals surface area contributed by atoms with Crippen molar-refractivity contribution in [3.63, 3.8) is 0 Å². The van der Waals surface area contributed by atoms with E-state index in [0.29, 0.717) is 12.5 Å². The summed E-state index contributed by atoms with van der Waals surface area (Å²) in [6.07, 6.45) is 2.83. The molecule has 0 aliphatic carbocycles. The molecular weight excluding hydrogens is 302 g/mol. The summed E-state index contributed by atoms with van der Waals surface area (Å²) in [7, 11) is 0. The third-order valence-electron chi connectivity index (χ3n) is 4.75. The van der Waals surface area contributed by atoms with Crippen molar-refractivity contribution in [3.05, 3.63) is 46.6 Å². The summed E-state index contributed by atoms with van der Waals surface area (Å²) in [5.74, 6) is 1.19. The summed E-state index contributed by atoms with van der Waals surface area (Å²) >= 11 is 0. The Bertz CT molecular complexity index is 733. The molecule has 6 heteroatoms. The second-order valence-corrected chi connectivity index (χ2v) is 6.29. The van der Waals surface area contributed by atoms with E-state index in [-0.39, 0.29) is 6.10 Å². The zero-order valence-electron chi connectivity index (χ0n) is 13.7. The van der Waals surface area contributed by atoms with E-state index in [9.17, 15) is 0 Å². The topological polar surface area (TPSA) is 85.1 Å². The van der Waals surface area contributed by atoms with Crippen LogP contribution < -0.4 is 16.4 Å². The second kappa shape index (κ2) is 6.75. The van der Waals surface area contributed by atoms with Crippen LogP contribution in [-0.4, -0.2) is 36.2 Å². The van der Waals surface area contributed by atoms with Gasteiger partial charge in [-0.05, 0) is 30.5 Å². The van der Waals surface area contributed by atoms with Crippen LogP contribution in [0.4, 0.5) is 11.8 Å². The molecule has 4 N–H and O–H groups in total. The minimum absolute atomic E-state index is 0.0469. The molecule has 1 atom stereocenters. The van der Waals surface area contributed by atoms with E-state index in [4.69, 9.17) is 10.5 Å². The number of hydrogen-bond donors (Lipinski definition) is 3. The highest BCUT2D eigenvalue weighted by Gasteiger charge is 2.22. The Morgan fingerprint density at radius 3 is 3.00 bits per heavy atom. The fourth-order valence-corrected chi connectivity index (χ4v) is 3.55. The van der Waals surface area contributed by atoms with E-state index >= 15 is 0 Å². The predicted octanol–water partition coefficient (Wildman–Crippen LogP) is 1.47. The molecule has 0 saturated carbocycles. The number of hydrogen-bond acceptors (Lipinski definition) is 6. The molecule has 1 aromatic carbocycles. The van der Waals surface area contributed by atoms with Crippen molar-refractivity contribution in [3.8, 4) is 0 Å². The lowest BCUT2D eigenvalue weighted by molar-refractivity contribution is 0.0513. The van der Waals surface area contributed by atoms with Gasteiger partial charge in [0.25, 0.3) is 0 Å². The Morgan fingerprint density at radius 2 is 2.04 bits per heavy atom. The number of ether oxygens (including phenoxy) is 1. The summed E-state index contributed by atoms with van der Waals surface area (Å²) in [6.45, 7) is 3.32. The van der Waals surface area contributed by atoms with E-state index in [0.717, 1.165) is 50.5 Å². The number of anilines is 2. The van der Waals surface area contributed by atoms with Crippen LogP contribution >= 0.6 is 0 Å². The fourth-order valence-electron chi connectivity index (χ4n) is 3.55.